The molecule has 1 aromatic heterocycles. The first-order valence-electron chi connectivity index (χ1n) is 12.2. The average molecular weight is 438 g/mol. The Bertz CT molecular complexity index is 851. The van der Waals surface area contributed by atoms with E-state index < -0.39 is 12.0 Å². The summed E-state index contributed by atoms with van der Waals surface area (Å²) in [5.74, 6) is 0.331. The van der Waals surface area contributed by atoms with Crippen LogP contribution in [-0.4, -0.2) is 35.2 Å². The summed E-state index contributed by atoms with van der Waals surface area (Å²) >= 11 is 0. The minimum absolute atomic E-state index is 0.102. The van der Waals surface area contributed by atoms with Crippen molar-refractivity contribution in [2.24, 2.45) is 0 Å². The van der Waals surface area contributed by atoms with Crippen molar-refractivity contribution in [1.82, 2.24) is 10.3 Å². The van der Waals surface area contributed by atoms with Gasteiger partial charge in [-0.2, -0.15) is 0 Å². The quantitative estimate of drug-likeness (QED) is 0.369. The van der Waals surface area contributed by atoms with Crippen LogP contribution in [0.3, 0.4) is 0 Å². The molecule has 0 saturated heterocycles. The fourth-order valence-corrected chi connectivity index (χ4v) is 4.38. The van der Waals surface area contributed by atoms with Gasteiger partial charge in [0.1, 0.15) is 11.9 Å². The number of rotatable bonds is 13. The van der Waals surface area contributed by atoms with Crippen molar-refractivity contribution < 1.29 is 9.90 Å². The number of unbranched alkanes of at least 4 members (excludes halogenated alkanes) is 4. The van der Waals surface area contributed by atoms with Crippen molar-refractivity contribution >= 4 is 11.8 Å². The van der Waals surface area contributed by atoms with Crippen LogP contribution in [0.15, 0.2) is 42.5 Å². The Morgan fingerprint density at radius 3 is 2.62 bits per heavy atom. The molecule has 174 valence electrons. The van der Waals surface area contributed by atoms with Crippen LogP contribution in [0.5, 0.6) is 0 Å². The number of benzene rings is 1. The maximum atomic E-state index is 11.7. The number of hydrogen-bond donors (Lipinski definition) is 3. The molecular formula is C27H39N3O2. The molecule has 0 fully saturated rings. The normalized spacial score (nSPS) is 14.4. The molecule has 1 unspecified atom stereocenters. The van der Waals surface area contributed by atoms with E-state index in [2.05, 4.69) is 48.7 Å². The molecule has 0 saturated carbocycles. The summed E-state index contributed by atoms with van der Waals surface area (Å²) in [5, 5.41) is 16.3. The van der Waals surface area contributed by atoms with Gasteiger partial charge in [0.15, 0.2) is 0 Å². The van der Waals surface area contributed by atoms with Gasteiger partial charge in [-0.1, -0.05) is 75.9 Å². The van der Waals surface area contributed by atoms with Crippen molar-refractivity contribution in [1.29, 1.82) is 0 Å². The van der Waals surface area contributed by atoms with E-state index in [4.69, 9.17) is 4.98 Å². The van der Waals surface area contributed by atoms with Crippen LogP contribution in [0.25, 0.3) is 0 Å². The Morgan fingerprint density at radius 1 is 1.09 bits per heavy atom. The third-order valence-corrected chi connectivity index (χ3v) is 6.52. The monoisotopic (exact) mass is 437 g/mol. The van der Waals surface area contributed by atoms with E-state index in [0.717, 1.165) is 50.9 Å². The zero-order valence-corrected chi connectivity index (χ0v) is 19.7. The van der Waals surface area contributed by atoms with Gasteiger partial charge in [0.25, 0.3) is 0 Å². The first-order valence-corrected chi connectivity index (χ1v) is 12.2. The van der Waals surface area contributed by atoms with Gasteiger partial charge in [-0.3, -0.25) is 4.79 Å². The van der Waals surface area contributed by atoms with Gasteiger partial charge >= 0.3 is 5.97 Å². The third-order valence-electron chi connectivity index (χ3n) is 6.52. The molecule has 0 spiro atoms. The molecule has 2 aromatic rings. The molecule has 1 aliphatic heterocycles. The number of pyridine rings is 1. The van der Waals surface area contributed by atoms with Crippen LogP contribution >= 0.6 is 0 Å². The highest BCUT2D eigenvalue weighted by atomic mass is 16.4. The van der Waals surface area contributed by atoms with Crippen LogP contribution in [0, 0.1) is 0 Å². The minimum Gasteiger partial charge on any atom is -0.480 e. The smallest absolute Gasteiger partial charge is 0.320 e. The summed E-state index contributed by atoms with van der Waals surface area (Å²) < 4.78 is 0. The molecule has 32 heavy (non-hydrogen) atoms. The number of fused-ring (bicyclic) bond motifs is 1. The zero-order valence-electron chi connectivity index (χ0n) is 19.7. The standard InChI is InChI=1S/C27H39N3O2/c1-27(2,22-13-7-6-8-14-22)20-29-24(26(31)32)16-10-5-3-4-9-15-23-18-17-21-12-11-19-28-25(21)30-23/h6-8,13-14,17-18,24,29H,3-5,9-12,15-16,19-20H2,1-2H3,(H,28,30)(H,31,32). The van der Waals surface area contributed by atoms with E-state index in [9.17, 15) is 9.90 Å². The third kappa shape index (κ3) is 7.33. The van der Waals surface area contributed by atoms with Gasteiger partial charge in [0.05, 0.1) is 0 Å². The van der Waals surface area contributed by atoms with E-state index in [1.807, 2.05) is 18.2 Å². The fraction of sp³-hybridized carbons (Fsp3) is 0.556. The number of aliphatic carboxylic acids is 1. The molecule has 3 rings (SSSR count). The molecule has 3 N–H and O–H groups in total. The number of nitrogens with zero attached hydrogens (tertiary/aromatic N) is 1. The van der Waals surface area contributed by atoms with E-state index in [1.165, 1.54) is 29.7 Å². The largest absolute Gasteiger partial charge is 0.480 e. The Balaban J connectivity index is 1.31. The summed E-state index contributed by atoms with van der Waals surface area (Å²) in [7, 11) is 0. The van der Waals surface area contributed by atoms with E-state index >= 15 is 0 Å². The summed E-state index contributed by atoms with van der Waals surface area (Å²) in [6.07, 6.45) is 9.48. The van der Waals surface area contributed by atoms with Gasteiger partial charge in [-0.15, -0.1) is 0 Å². The molecule has 0 radical (unpaired) electrons. The van der Waals surface area contributed by atoms with Crippen molar-refractivity contribution in [2.75, 3.05) is 18.4 Å². The summed E-state index contributed by atoms with van der Waals surface area (Å²) in [4.78, 5) is 16.5. The van der Waals surface area contributed by atoms with Gasteiger partial charge in [-0.05, 0) is 49.3 Å². The first-order chi connectivity index (χ1) is 15.5. The van der Waals surface area contributed by atoms with E-state index in [-0.39, 0.29) is 5.41 Å². The van der Waals surface area contributed by atoms with Crippen LogP contribution in [0.2, 0.25) is 0 Å². The van der Waals surface area contributed by atoms with Gasteiger partial charge in [-0.25, -0.2) is 4.98 Å². The number of carbonyl (C=O) groups is 1. The highest BCUT2D eigenvalue weighted by Crippen LogP contribution is 2.23. The Kier molecular flexibility index (Phi) is 9.10. The highest BCUT2D eigenvalue weighted by Gasteiger charge is 2.24. The number of nitrogens with one attached hydrogen (secondary N) is 2. The predicted molar refractivity (Wildman–Crippen MR) is 131 cm³/mol. The van der Waals surface area contributed by atoms with Gasteiger partial charge in [0.2, 0.25) is 0 Å². The number of carboxylic acid groups (broad SMARTS) is 1. The van der Waals surface area contributed by atoms with Gasteiger partial charge < -0.3 is 15.7 Å². The van der Waals surface area contributed by atoms with Crippen LogP contribution in [0.1, 0.15) is 75.6 Å². The average Bonchev–Trinajstić information content (AvgIpc) is 2.80. The maximum Gasteiger partial charge on any atom is 0.320 e. The lowest BCUT2D eigenvalue weighted by atomic mass is 9.84. The second kappa shape index (κ2) is 12.0. The summed E-state index contributed by atoms with van der Waals surface area (Å²) in [6.45, 7) is 5.99. The molecule has 0 bridgehead atoms. The predicted octanol–water partition coefficient (Wildman–Crippen LogP) is 5.34. The number of aromatic nitrogens is 1. The topological polar surface area (TPSA) is 74.2 Å². The molecule has 5 heteroatoms. The number of hydrogen-bond acceptors (Lipinski definition) is 4. The number of aryl methyl sites for hydroxylation is 2. The molecule has 1 aromatic carbocycles. The molecule has 0 amide bonds. The molecule has 1 atom stereocenters. The lowest BCUT2D eigenvalue weighted by Crippen LogP contribution is -2.43. The van der Waals surface area contributed by atoms with E-state index in [1.54, 1.807) is 0 Å². The summed E-state index contributed by atoms with van der Waals surface area (Å²) in [6, 6.07) is 14.2. The van der Waals surface area contributed by atoms with Crippen molar-refractivity contribution in [3.8, 4) is 0 Å². The lowest BCUT2D eigenvalue weighted by Gasteiger charge is -2.27. The van der Waals surface area contributed by atoms with Crippen LogP contribution < -0.4 is 10.6 Å². The number of carboxylic acids is 1. The molecule has 1 aliphatic rings. The minimum atomic E-state index is -0.749. The van der Waals surface area contributed by atoms with Crippen molar-refractivity contribution in [3.63, 3.8) is 0 Å². The zero-order chi connectivity index (χ0) is 22.8. The Labute approximate surface area is 193 Å². The SMILES string of the molecule is CC(C)(CNC(CCCCCCCc1ccc2c(n1)NCCC2)C(=O)O)c1ccccc1. The second-order valence-corrected chi connectivity index (χ2v) is 9.67. The molecule has 0 aliphatic carbocycles. The summed E-state index contributed by atoms with van der Waals surface area (Å²) in [5.41, 5.74) is 3.64. The molecule has 2 heterocycles. The van der Waals surface area contributed by atoms with Crippen LogP contribution in [-0.2, 0) is 23.1 Å². The highest BCUT2D eigenvalue weighted by molar-refractivity contribution is 5.73. The Hall–Kier alpha value is -2.40. The van der Waals surface area contributed by atoms with Crippen molar-refractivity contribution in [3.05, 3.63) is 59.3 Å². The molecule has 5 nitrogen and oxygen atoms in total. The number of anilines is 1. The fourth-order valence-electron chi connectivity index (χ4n) is 4.38. The van der Waals surface area contributed by atoms with Gasteiger partial charge in [0, 0.05) is 24.2 Å². The lowest BCUT2D eigenvalue weighted by molar-refractivity contribution is -0.139. The Morgan fingerprint density at radius 2 is 1.84 bits per heavy atom. The van der Waals surface area contributed by atoms with Crippen molar-refractivity contribution in [2.45, 2.75) is 83.1 Å². The molecular weight excluding hydrogens is 398 g/mol. The second-order valence-electron chi connectivity index (χ2n) is 9.67. The first kappa shape index (κ1) is 24.2. The van der Waals surface area contributed by atoms with E-state index in [0.29, 0.717) is 13.0 Å². The maximum absolute atomic E-state index is 11.7. The van der Waals surface area contributed by atoms with Crippen LogP contribution in [0.4, 0.5) is 5.82 Å².